The Morgan fingerprint density at radius 3 is 1.06 bits per heavy atom. The Hall–Kier alpha value is -4.36. The van der Waals surface area contributed by atoms with Crippen LogP contribution in [0, 0.1) is 35.5 Å². The van der Waals surface area contributed by atoms with E-state index < -0.39 is 161 Å². The molecule has 0 aromatic rings. The third-order valence-corrected chi connectivity index (χ3v) is 21.4. The van der Waals surface area contributed by atoms with Crippen LogP contribution in [0.2, 0.25) is 0 Å². The first kappa shape index (κ1) is 118. The molecule has 698 valence electrons. The van der Waals surface area contributed by atoms with E-state index in [2.05, 4.69) is 20.8 Å². The Balaban J connectivity index is -0.00000158. The van der Waals surface area contributed by atoms with Crippen LogP contribution in [-0.2, 0) is 76.3 Å². The molecule has 118 heavy (non-hydrogen) atoms. The summed E-state index contributed by atoms with van der Waals surface area (Å²) in [5.41, 5.74) is 0. The Morgan fingerprint density at radius 2 is 0.653 bits per heavy atom. The van der Waals surface area contributed by atoms with Crippen molar-refractivity contribution in [2.75, 3.05) is 33.0 Å². The standard InChI is InChI=1S/C27H44O12.C25H44O10.C23H40O9.6C2H6/c1-2-3-6-10-17-16(9-7-4-5-8-11-21(30)31)18(29)14-19(17)37-22(32)12-13-23(33)39-27-26(36)25(35)24(34)20(15-28)38-27;1-2-3-6-9-16-17(19(28)14-18(16)27)10-7-4-5-8-11-21(29)33-12-13-34-25-24(32)23(31)22(30)20(15-26)35-25;1-2-3-6-10-15-14(9-7-4-5-8-11-19(26)27)16(25)12-17(15)31-23-22(30)21(29)20(28)18(13-24)32-23;6*1-2/h16-17,19-20,24-28,34-36H,2-15H2,1H3,(H,30,31);16-18,20,22-27,30-32H,2-15H2,1H3;14-15,17-18,20-24,28-30H,2-13H2,1H3,(H,26,27);6*1-2H3/t16?,17?,19?,20-,24-,25+,26-,27?;16?,17?,18?,20-,22-,23+,24-,25?;14?,15?,17?,18-,20-,21+,22-,23?;;;;;;/m111....../s1. The molecule has 6 aliphatic rings. The average Bonchev–Trinajstić information content (AvgIpc) is 1.48. The summed E-state index contributed by atoms with van der Waals surface area (Å²) in [5.74, 6) is -3.61. The van der Waals surface area contributed by atoms with Crippen molar-refractivity contribution in [2.24, 2.45) is 35.5 Å². The van der Waals surface area contributed by atoms with Gasteiger partial charge in [-0.25, -0.2) is 0 Å². The van der Waals surface area contributed by atoms with Gasteiger partial charge >= 0.3 is 29.8 Å². The molecule has 6 rings (SSSR count). The van der Waals surface area contributed by atoms with Crippen molar-refractivity contribution in [3.05, 3.63) is 0 Å². The number of rotatable bonds is 47. The molecule has 0 aromatic carbocycles. The van der Waals surface area contributed by atoms with Crippen molar-refractivity contribution in [3.8, 4) is 0 Å². The summed E-state index contributed by atoms with van der Waals surface area (Å²) >= 11 is 0. The number of esters is 3. The minimum absolute atomic E-state index is 0.0274. The molecule has 12 unspecified atom stereocenters. The lowest BCUT2D eigenvalue weighted by atomic mass is 9.85. The van der Waals surface area contributed by atoms with Crippen LogP contribution in [0.5, 0.6) is 0 Å². The number of aliphatic hydroxyl groups is 13. The molecule has 0 amide bonds. The quantitative estimate of drug-likeness (QED) is 0.0153. The zero-order chi connectivity index (χ0) is 90.4. The molecule has 0 aromatic heterocycles. The smallest absolute Gasteiger partial charge is 0.308 e. The maximum Gasteiger partial charge on any atom is 0.308 e. The van der Waals surface area contributed by atoms with Gasteiger partial charge in [0, 0.05) is 62.2 Å². The number of carboxylic acids is 2. The third kappa shape index (κ3) is 44.3. The number of carbonyl (C=O) groups excluding carboxylic acids is 6. The van der Waals surface area contributed by atoms with Crippen LogP contribution >= 0.6 is 0 Å². The summed E-state index contributed by atoms with van der Waals surface area (Å²) in [6.45, 7) is 28.5. The number of ether oxygens (including phenoxy) is 8. The molecular formula is C87H164O31. The van der Waals surface area contributed by atoms with E-state index in [-0.39, 0.29) is 117 Å². The van der Waals surface area contributed by atoms with Crippen LogP contribution in [0.25, 0.3) is 0 Å². The van der Waals surface area contributed by atoms with Crippen molar-refractivity contribution >= 4 is 47.2 Å². The van der Waals surface area contributed by atoms with Crippen molar-refractivity contribution in [1.82, 2.24) is 0 Å². The first-order chi connectivity index (χ1) is 56.7. The predicted molar refractivity (Wildman–Crippen MR) is 443 cm³/mol. The Morgan fingerprint density at radius 1 is 0.331 bits per heavy atom. The number of carboxylic acid groups (broad SMARTS) is 2. The van der Waals surface area contributed by atoms with Crippen LogP contribution in [0.1, 0.15) is 329 Å². The predicted octanol–water partition coefficient (Wildman–Crippen LogP) is 9.60. The first-order valence-corrected chi connectivity index (χ1v) is 45.1. The van der Waals surface area contributed by atoms with Gasteiger partial charge in [0.25, 0.3) is 0 Å². The van der Waals surface area contributed by atoms with E-state index in [1.54, 1.807) is 0 Å². The number of unbranched alkanes of at least 4 members (excludes halogenated alkanes) is 15. The van der Waals surface area contributed by atoms with E-state index >= 15 is 0 Å². The number of carbonyl (C=O) groups is 8. The van der Waals surface area contributed by atoms with Gasteiger partial charge in [0.05, 0.1) is 51.5 Å². The molecule has 0 spiro atoms. The Kier molecular flexibility index (Phi) is 71.9. The fourth-order valence-electron chi connectivity index (χ4n) is 15.2. The number of aliphatic carboxylic acids is 2. The van der Waals surface area contributed by atoms with Crippen molar-refractivity contribution < 1.29 is 153 Å². The zero-order valence-electron chi connectivity index (χ0n) is 74.4. The maximum absolute atomic E-state index is 12.8. The van der Waals surface area contributed by atoms with Crippen LogP contribution in [0.3, 0.4) is 0 Å². The van der Waals surface area contributed by atoms with Gasteiger partial charge in [-0.3, -0.25) is 38.4 Å². The topological polar surface area (TPSA) is 514 Å². The minimum Gasteiger partial charge on any atom is -0.481 e. The monoisotopic (exact) mass is 1710 g/mol. The van der Waals surface area contributed by atoms with Gasteiger partial charge in [-0.2, -0.15) is 0 Å². The van der Waals surface area contributed by atoms with Gasteiger partial charge in [-0.1, -0.05) is 219 Å². The Bertz CT molecular complexity index is 2540. The second-order valence-electron chi connectivity index (χ2n) is 29.4. The summed E-state index contributed by atoms with van der Waals surface area (Å²) in [4.78, 5) is 95.8. The van der Waals surface area contributed by atoms with Crippen LogP contribution in [0.4, 0.5) is 0 Å². The normalized spacial score (nSPS) is 29.9. The SMILES string of the molecule is CC.CC.CC.CC.CC.CC.CCCCCC1C(O)CC(=O)C1CCCCCCC(=O)OCCOC1O[C@H](CO)[C@@H](O)[C@H](O)[C@H]1O.CCCCCC1C(OC(=O)CCC(=O)OC2O[C@H](CO)[C@@H](O)[C@H](O)[C@H]2O)CC(=O)C1CCCCCCC(=O)O.CCCCCC1C(OC2O[C@H](CO)[C@@H](O)[C@H](O)[C@H]2O)CC(=O)C1CCCCCCC(=O)O. The Labute approximate surface area is 704 Å². The van der Waals surface area contributed by atoms with Gasteiger partial charge in [-0.05, 0) is 69.6 Å². The summed E-state index contributed by atoms with van der Waals surface area (Å²) < 4.78 is 42.8. The first-order valence-electron chi connectivity index (χ1n) is 45.1. The fraction of sp³-hybridized carbons (Fsp3) is 0.908. The molecule has 3 aliphatic carbocycles. The van der Waals surface area contributed by atoms with Crippen LogP contribution in [-0.4, -0.2) is 267 Å². The largest absolute Gasteiger partial charge is 0.481 e. The van der Waals surface area contributed by atoms with Gasteiger partial charge in [0.2, 0.25) is 6.29 Å². The second kappa shape index (κ2) is 72.0. The number of hydrogen-bond donors (Lipinski definition) is 15. The van der Waals surface area contributed by atoms with Crippen molar-refractivity contribution in [1.29, 1.82) is 0 Å². The van der Waals surface area contributed by atoms with E-state index in [0.717, 1.165) is 148 Å². The van der Waals surface area contributed by atoms with E-state index in [9.17, 15) is 99.6 Å². The highest BCUT2D eigenvalue weighted by atomic mass is 16.7. The maximum atomic E-state index is 12.8. The van der Waals surface area contributed by atoms with Crippen LogP contribution < -0.4 is 0 Å². The van der Waals surface area contributed by atoms with Gasteiger partial charge in [-0.15, -0.1) is 0 Å². The molecule has 3 saturated carbocycles. The number of hydrogen-bond acceptors (Lipinski definition) is 29. The molecule has 24 atom stereocenters. The van der Waals surface area contributed by atoms with E-state index in [1.165, 1.54) is 0 Å². The lowest BCUT2D eigenvalue weighted by molar-refractivity contribution is -0.314. The minimum atomic E-state index is -1.74. The van der Waals surface area contributed by atoms with Crippen molar-refractivity contribution in [2.45, 2.75) is 439 Å². The molecule has 3 heterocycles. The molecule has 31 nitrogen and oxygen atoms in total. The number of aliphatic hydroxyl groups excluding tert-OH is 13. The lowest BCUT2D eigenvalue weighted by Crippen LogP contribution is -2.59. The average molecular weight is 1710 g/mol. The summed E-state index contributed by atoms with van der Waals surface area (Å²) in [7, 11) is 0. The molecule has 0 bridgehead atoms. The van der Waals surface area contributed by atoms with Crippen LogP contribution in [0.15, 0.2) is 0 Å². The van der Waals surface area contributed by atoms with E-state index in [1.807, 2.05) is 83.1 Å². The van der Waals surface area contributed by atoms with Gasteiger partial charge in [0.1, 0.15) is 103 Å². The third-order valence-electron chi connectivity index (χ3n) is 21.4. The molecule has 15 N–H and O–H groups in total. The molecular weight excluding hydrogens is 1540 g/mol. The van der Waals surface area contributed by atoms with Gasteiger partial charge in [0.15, 0.2) is 12.6 Å². The number of ketones is 3. The summed E-state index contributed by atoms with van der Waals surface area (Å²) in [5, 5.41) is 145. The van der Waals surface area contributed by atoms with Gasteiger partial charge < -0.3 is 114 Å². The second-order valence-corrected chi connectivity index (χ2v) is 29.4. The highest BCUT2D eigenvalue weighted by molar-refractivity contribution is 5.86. The molecule has 0 radical (unpaired) electrons. The molecule has 6 fully saturated rings. The molecule has 3 aliphatic heterocycles. The molecule has 3 saturated heterocycles. The molecule has 31 heteroatoms. The van der Waals surface area contributed by atoms with E-state index in [4.69, 9.17) is 53.2 Å². The zero-order valence-corrected chi connectivity index (χ0v) is 74.4. The highest BCUT2D eigenvalue weighted by Gasteiger charge is 2.51. The van der Waals surface area contributed by atoms with Crippen molar-refractivity contribution in [3.63, 3.8) is 0 Å². The fourth-order valence-corrected chi connectivity index (χ4v) is 15.2. The summed E-state index contributed by atoms with van der Waals surface area (Å²) in [6.07, 6.45) is 1.03. The van der Waals surface area contributed by atoms with E-state index in [0.29, 0.717) is 25.7 Å². The number of Topliss-reactive ketones (excluding diaryl/α,β-unsaturated/α-hetero) is 3. The highest BCUT2D eigenvalue weighted by Crippen LogP contribution is 2.42. The lowest BCUT2D eigenvalue weighted by Gasteiger charge is -2.41. The summed E-state index contributed by atoms with van der Waals surface area (Å²) in [6, 6.07) is 0.